The first kappa shape index (κ1) is 20.4. The summed E-state index contributed by atoms with van der Waals surface area (Å²) in [5, 5.41) is 12.7. The molecule has 0 spiro atoms. The largest absolute Gasteiger partial charge is 0.470 e. The molecule has 10 heteroatoms. The number of benzene rings is 1. The molecule has 0 unspecified atom stereocenters. The lowest BCUT2D eigenvalue weighted by Crippen LogP contribution is -2.19. The average molecular weight is 455 g/mol. The Morgan fingerprint density at radius 1 is 1.34 bits per heavy atom. The lowest BCUT2D eigenvalue weighted by Gasteiger charge is -2.08. The Hall–Kier alpha value is -3.46. The van der Waals surface area contributed by atoms with Gasteiger partial charge in [-0.25, -0.2) is 18.7 Å². The average Bonchev–Trinajstić information content (AvgIpc) is 3.44. The fourth-order valence-electron chi connectivity index (χ4n) is 3.72. The fraction of sp³-hybridized carbons (Fsp3) is 0.273. The first-order chi connectivity index (χ1) is 15.5. The number of carbonyl (C=O) groups excluding carboxylic acids is 1. The van der Waals surface area contributed by atoms with Crippen LogP contribution >= 0.6 is 11.6 Å². The molecule has 4 aromatic rings. The molecule has 0 aliphatic heterocycles. The predicted octanol–water partition coefficient (Wildman–Crippen LogP) is 4.28. The zero-order chi connectivity index (χ0) is 22.2. The number of aryl methyl sites for hydroxylation is 1. The van der Waals surface area contributed by atoms with Gasteiger partial charge in [0.25, 0.3) is 0 Å². The van der Waals surface area contributed by atoms with E-state index in [1.807, 2.05) is 6.92 Å². The van der Waals surface area contributed by atoms with E-state index in [1.165, 1.54) is 47.5 Å². The number of hydrogen-bond donors (Lipinski definition) is 1. The van der Waals surface area contributed by atoms with Crippen molar-refractivity contribution in [2.75, 3.05) is 5.32 Å². The van der Waals surface area contributed by atoms with Crippen molar-refractivity contribution in [1.82, 2.24) is 24.5 Å². The van der Waals surface area contributed by atoms with Gasteiger partial charge in [-0.1, -0.05) is 11.6 Å². The van der Waals surface area contributed by atoms with Crippen LogP contribution in [0.2, 0.25) is 5.02 Å². The number of pyridine rings is 1. The SMILES string of the molecule is Cc1nn(CC(=O)Nc2cnn(COc3ccc(F)cc3Cl)c2)c2nccc(C3CC3)c12. The first-order valence-electron chi connectivity index (χ1n) is 10.2. The summed E-state index contributed by atoms with van der Waals surface area (Å²) in [5.41, 5.74) is 3.39. The molecule has 0 atom stereocenters. The van der Waals surface area contributed by atoms with Crippen molar-refractivity contribution in [3.8, 4) is 5.75 Å². The van der Waals surface area contributed by atoms with E-state index in [1.54, 1.807) is 17.1 Å². The second kappa shape index (κ2) is 8.23. The molecule has 1 aliphatic rings. The van der Waals surface area contributed by atoms with E-state index in [-0.39, 0.29) is 24.2 Å². The molecule has 5 rings (SSSR count). The Morgan fingerprint density at radius 2 is 2.19 bits per heavy atom. The maximum Gasteiger partial charge on any atom is 0.246 e. The second-order valence-electron chi connectivity index (χ2n) is 7.78. The number of halogens is 2. The van der Waals surface area contributed by atoms with E-state index in [9.17, 15) is 9.18 Å². The van der Waals surface area contributed by atoms with Crippen molar-refractivity contribution in [3.63, 3.8) is 0 Å². The van der Waals surface area contributed by atoms with Crippen molar-refractivity contribution < 1.29 is 13.9 Å². The van der Waals surface area contributed by atoms with Crippen LogP contribution in [-0.4, -0.2) is 30.5 Å². The summed E-state index contributed by atoms with van der Waals surface area (Å²) in [6, 6.07) is 5.94. The Kier molecular flexibility index (Phi) is 5.26. The summed E-state index contributed by atoms with van der Waals surface area (Å²) >= 11 is 5.96. The predicted molar refractivity (Wildman–Crippen MR) is 117 cm³/mol. The number of nitrogens with zero attached hydrogens (tertiary/aromatic N) is 5. The minimum absolute atomic E-state index is 0.0400. The Morgan fingerprint density at radius 3 is 2.97 bits per heavy atom. The van der Waals surface area contributed by atoms with E-state index >= 15 is 0 Å². The summed E-state index contributed by atoms with van der Waals surface area (Å²) < 4.78 is 21.8. The number of amides is 1. The third kappa shape index (κ3) is 4.16. The molecule has 164 valence electrons. The van der Waals surface area contributed by atoms with Gasteiger partial charge in [0.05, 0.1) is 28.8 Å². The third-order valence-corrected chi connectivity index (χ3v) is 5.61. The number of ether oxygens (including phenoxy) is 1. The molecule has 1 saturated carbocycles. The van der Waals surface area contributed by atoms with Gasteiger partial charge >= 0.3 is 0 Å². The smallest absolute Gasteiger partial charge is 0.246 e. The van der Waals surface area contributed by atoms with Gasteiger partial charge in [0.15, 0.2) is 12.4 Å². The molecule has 32 heavy (non-hydrogen) atoms. The van der Waals surface area contributed by atoms with Crippen molar-refractivity contribution in [2.45, 2.75) is 39.0 Å². The van der Waals surface area contributed by atoms with E-state index in [0.29, 0.717) is 17.4 Å². The molecule has 3 aromatic heterocycles. The molecular formula is C22H20ClFN6O2. The summed E-state index contributed by atoms with van der Waals surface area (Å²) in [4.78, 5) is 17.1. The van der Waals surface area contributed by atoms with Crippen LogP contribution in [0, 0.1) is 12.7 Å². The highest BCUT2D eigenvalue weighted by Crippen LogP contribution is 2.43. The number of hydrogen-bond acceptors (Lipinski definition) is 5. The normalized spacial score (nSPS) is 13.5. The minimum atomic E-state index is -0.439. The molecule has 1 aliphatic carbocycles. The molecule has 3 heterocycles. The minimum Gasteiger partial charge on any atom is -0.470 e. The standard InChI is InChI=1S/C22H20ClFN6O2/c1-13-21-17(14-2-3-14)6-7-25-22(21)30(28-13)11-20(31)27-16-9-26-29(10-16)12-32-19-5-4-15(24)8-18(19)23/h4-10,14H,2-3,11-12H2,1H3,(H,27,31). The number of carbonyl (C=O) groups is 1. The number of aromatic nitrogens is 5. The number of fused-ring (bicyclic) bond motifs is 1. The van der Waals surface area contributed by atoms with Gasteiger partial charge in [-0.05, 0) is 55.5 Å². The molecule has 0 saturated heterocycles. The second-order valence-corrected chi connectivity index (χ2v) is 8.19. The highest BCUT2D eigenvalue weighted by molar-refractivity contribution is 6.32. The summed E-state index contributed by atoms with van der Waals surface area (Å²) in [6.07, 6.45) is 7.30. The van der Waals surface area contributed by atoms with Gasteiger partial charge in [-0.2, -0.15) is 10.2 Å². The molecule has 1 N–H and O–H groups in total. The zero-order valence-corrected chi connectivity index (χ0v) is 18.0. The molecule has 1 fully saturated rings. The van der Waals surface area contributed by atoms with Crippen LogP contribution in [0.5, 0.6) is 5.75 Å². The van der Waals surface area contributed by atoms with Gasteiger partial charge < -0.3 is 10.1 Å². The molecule has 8 nitrogen and oxygen atoms in total. The fourth-order valence-corrected chi connectivity index (χ4v) is 3.94. The van der Waals surface area contributed by atoms with Crippen LogP contribution in [0.15, 0.2) is 42.9 Å². The van der Waals surface area contributed by atoms with Crippen LogP contribution in [0.4, 0.5) is 10.1 Å². The lowest BCUT2D eigenvalue weighted by atomic mass is 10.1. The number of anilines is 1. The van der Waals surface area contributed by atoms with Gasteiger partial charge in [0.1, 0.15) is 18.1 Å². The molecular weight excluding hydrogens is 435 g/mol. The summed E-state index contributed by atoms with van der Waals surface area (Å²) in [7, 11) is 0. The third-order valence-electron chi connectivity index (χ3n) is 5.31. The zero-order valence-electron chi connectivity index (χ0n) is 17.3. The van der Waals surface area contributed by atoms with E-state index in [0.717, 1.165) is 16.7 Å². The van der Waals surface area contributed by atoms with E-state index in [2.05, 4.69) is 26.6 Å². The summed E-state index contributed by atoms with van der Waals surface area (Å²) in [6.45, 7) is 2.04. The van der Waals surface area contributed by atoms with Crippen LogP contribution in [0.1, 0.15) is 30.0 Å². The Balaban J connectivity index is 1.23. The topological polar surface area (TPSA) is 86.9 Å². The number of rotatable bonds is 7. The molecule has 1 amide bonds. The highest BCUT2D eigenvalue weighted by Gasteiger charge is 2.27. The van der Waals surface area contributed by atoms with Crippen molar-refractivity contribution in [3.05, 3.63) is 65.0 Å². The van der Waals surface area contributed by atoms with Gasteiger partial charge in [-0.15, -0.1) is 0 Å². The Bertz CT molecular complexity index is 1310. The van der Waals surface area contributed by atoms with E-state index in [4.69, 9.17) is 16.3 Å². The maximum absolute atomic E-state index is 13.1. The van der Waals surface area contributed by atoms with Crippen molar-refractivity contribution >= 4 is 34.2 Å². The van der Waals surface area contributed by atoms with Crippen LogP contribution in [0.3, 0.4) is 0 Å². The quantitative estimate of drug-likeness (QED) is 0.450. The van der Waals surface area contributed by atoms with E-state index < -0.39 is 5.82 Å². The monoisotopic (exact) mass is 454 g/mol. The van der Waals surface area contributed by atoms with Crippen LogP contribution in [-0.2, 0) is 18.1 Å². The van der Waals surface area contributed by atoms with Gasteiger partial charge in [0, 0.05) is 11.6 Å². The molecule has 0 bridgehead atoms. The van der Waals surface area contributed by atoms with Crippen molar-refractivity contribution in [1.29, 1.82) is 0 Å². The first-order valence-corrected chi connectivity index (χ1v) is 10.6. The number of nitrogens with one attached hydrogen (secondary N) is 1. The van der Waals surface area contributed by atoms with Crippen molar-refractivity contribution in [2.24, 2.45) is 0 Å². The molecule has 1 aromatic carbocycles. The Labute approximate surface area is 188 Å². The summed E-state index contributed by atoms with van der Waals surface area (Å²) in [5.74, 6) is 0.234. The maximum atomic E-state index is 13.1. The van der Waals surface area contributed by atoms with Crippen LogP contribution in [0.25, 0.3) is 11.0 Å². The lowest BCUT2D eigenvalue weighted by molar-refractivity contribution is -0.116. The molecule has 0 radical (unpaired) electrons. The van der Waals surface area contributed by atoms with Crippen LogP contribution < -0.4 is 10.1 Å². The van der Waals surface area contributed by atoms with Gasteiger partial charge in [0.2, 0.25) is 5.91 Å². The van der Waals surface area contributed by atoms with Gasteiger partial charge in [-0.3, -0.25) is 4.79 Å². The highest BCUT2D eigenvalue weighted by atomic mass is 35.5.